The molecule has 6 heteroatoms. The molecule has 0 bridgehead atoms. The summed E-state index contributed by atoms with van der Waals surface area (Å²) in [7, 11) is 1.86. The Morgan fingerprint density at radius 1 is 1.59 bits per heavy atom. The first-order valence-corrected chi connectivity index (χ1v) is 4.99. The van der Waals surface area contributed by atoms with E-state index in [1.165, 1.54) is 0 Å². The molecule has 0 aromatic heterocycles. The third-order valence-corrected chi connectivity index (χ3v) is 1.97. The largest absolute Gasteiger partial charge is 0.382 e. The summed E-state index contributed by atoms with van der Waals surface area (Å²) in [5.74, 6) is -0.355. The van der Waals surface area contributed by atoms with Crippen LogP contribution >= 0.6 is 0 Å². The second kappa shape index (κ2) is 6.25. The first kappa shape index (κ1) is 12.7. The fourth-order valence-corrected chi connectivity index (χ4v) is 1.22. The predicted molar refractivity (Wildman–Crippen MR) is 67.8 cm³/mol. The normalized spacial score (nSPS) is 10.7. The zero-order valence-corrected chi connectivity index (χ0v) is 9.49. The standard InChI is InChI=1S/C11H14N6/c1-15-7-8-3-2-4-9(5-8)16-17-10(6-12)11(13)14/h2-5,15-16H,7H2,1H3,(H3,13,14)/b17-10+. The van der Waals surface area contributed by atoms with E-state index in [-0.39, 0.29) is 11.5 Å². The molecule has 0 fully saturated rings. The highest BCUT2D eigenvalue weighted by Crippen LogP contribution is 2.10. The van der Waals surface area contributed by atoms with Gasteiger partial charge in [-0.1, -0.05) is 12.1 Å². The minimum absolute atomic E-state index is 0.135. The number of rotatable bonds is 5. The van der Waals surface area contributed by atoms with E-state index in [0.29, 0.717) is 0 Å². The van der Waals surface area contributed by atoms with Crippen LogP contribution in [-0.4, -0.2) is 18.6 Å². The maximum absolute atomic E-state index is 8.66. The van der Waals surface area contributed by atoms with E-state index in [9.17, 15) is 0 Å². The number of nitrogens with two attached hydrogens (primary N) is 1. The molecule has 17 heavy (non-hydrogen) atoms. The number of hydrazone groups is 1. The topological polar surface area (TPSA) is 110 Å². The molecule has 6 nitrogen and oxygen atoms in total. The molecule has 0 saturated carbocycles. The number of nitrogens with one attached hydrogen (secondary N) is 3. The van der Waals surface area contributed by atoms with E-state index in [0.717, 1.165) is 17.8 Å². The van der Waals surface area contributed by atoms with Crippen LogP contribution in [0.25, 0.3) is 0 Å². The van der Waals surface area contributed by atoms with E-state index in [1.54, 1.807) is 6.07 Å². The first-order chi connectivity index (χ1) is 8.17. The van der Waals surface area contributed by atoms with Crippen molar-refractivity contribution in [1.29, 1.82) is 10.7 Å². The van der Waals surface area contributed by atoms with Gasteiger partial charge in [-0.2, -0.15) is 10.4 Å². The van der Waals surface area contributed by atoms with Crippen molar-refractivity contribution in [2.75, 3.05) is 12.5 Å². The van der Waals surface area contributed by atoms with Gasteiger partial charge in [0.15, 0.2) is 5.84 Å². The fraction of sp³-hybridized carbons (Fsp3) is 0.182. The lowest BCUT2D eigenvalue weighted by Gasteiger charge is -2.04. The van der Waals surface area contributed by atoms with Crippen LogP contribution in [0, 0.1) is 16.7 Å². The molecule has 0 amide bonds. The average molecular weight is 230 g/mol. The molecule has 1 aromatic carbocycles. The fourth-order valence-electron chi connectivity index (χ4n) is 1.22. The third-order valence-electron chi connectivity index (χ3n) is 1.97. The Bertz CT molecular complexity index is 471. The highest BCUT2D eigenvalue weighted by atomic mass is 15.3. The number of anilines is 1. The van der Waals surface area contributed by atoms with Crippen LogP contribution in [0.3, 0.4) is 0 Å². The van der Waals surface area contributed by atoms with Gasteiger partial charge in [0.1, 0.15) is 6.07 Å². The van der Waals surface area contributed by atoms with Gasteiger partial charge in [-0.25, -0.2) is 0 Å². The van der Waals surface area contributed by atoms with Gasteiger partial charge in [-0.3, -0.25) is 10.8 Å². The van der Waals surface area contributed by atoms with Crippen LogP contribution in [0.2, 0.25) is 0 Å². The lowest BCUT2D eigenvalue weighted by Crippen LogP contribution is -2.21. The van der Waals surface area contributed by atoms with Crippen molar-refractivity contribution in [3.63, 3.8) is 0 Å². The zero-order valence-electron chi connectivity index (χ0n) is 9.49. The Morgan fingerprint density at radius 2 is 2.35 bits per heavy atom. The molecule has 1 rings (SSSR count). The van der Waals surface area contributed by atoms with Crippen molar-refractivity contribution >= 4 is 17.2 Å². The lowest BCUT2D eigenvalue weighted by molar-refractivity contribution is 0.818. The minimum Gasteiger partial charge on any atom is -0.382 e. The molecule has 0 aliphatic heterocycles. The van der Waals surface area contributed by atoms with E-state index in [2.05, 4.69) is 15.8 Å². The van der Waals surface area contributed by atoms with Crippen LogP contribution < -0.4 is 16.5 Å². The van der Waals surface area contributed by atoms with Crippen LogP contribution in [-0.2, 0) is 6.54 Å². The monoisotopic (exact) mass is 230 g/mol. The summed E-state index contributed by atoms with van der Waals surface area (Å²) in [5, 5.41) is 22.5. The summed E-state index contributed by atoms with van der Waals surface area (Å²) in [6.07, 6.45) is 0. The molecule has 0 spiro atoms. The van der Waals surface area contributed by atoms with Gasteiger partial charge in [-0.05, 0) is 24.7 Å². The van der Waals surface area contributed by atoms with Crippen molar-refractivity contribution in [3.8, 4) is 6.07 Å². The van der Waals surface area contributed by atoms with E-state index >= 15 is 0 Å². The number of benzene rings is 1. The van der Waals surface area contributed by atoms with Gasteiger partial charge in [-0.15, -0.1) is 0 Å². The van der Waals surface area contributed by atoms with Crippen molar-refractivity contribution in [2.24, 2.45) is 10.8 Å². The summed E-state index contributed by atoms with van der Waals surface area (Å²) >= 11 is 0. The van der Waals surface area contributed by atoms with Crippen LogP contribution in [0.5, 0.6) is 0 Å². The van der Waals surface area contributed by atoms with E-state index in [1.807, 2.05) is 31.3 Å². The summed E-state index contributed by atoms with van der Waals surface area (Å²) in [4.78, 5) is 0. The molecule has 5 N–H and O–H groups in total. The van der Waals surface area contributed by atoms with Gasteiger partial charge < -0.3 is 11.1 Å². The number of nitrogens with zero attached hydrogens (tertiary/aromatic N) is 2. The highest BCUT2D eigenvalue weighted by Gasteiger charge is 2.00. The Labute approximate surface area is 99.6 Å². The Morgan fingerprint density at radius 3 is 2.94 bits per heavy atom. The van der Waals surface area contributed by atoms with Gasteiger partial charge in [0.05, 0.1) is 5.69 Å². The molecular formula is C11H14N6. The maximum atomic E-state index is 8.66. The molecule has 0 heterocycles. The van der Waals surface area contributed by atoms with Gasteiger partial charge in [0, 0.05) is 6.54 Å². The van der Waals surface area contributed by atoms with E-state index in [4.69, 9.17) is 16.4 Å². The van der Waals surface area contributed by atoms with Gasteiger partial charge >= 0.3 is 0 Å². The van der Waals surface area contributed by atoms with Crippen molar-refractivity contribution in [1.82, 2.24) is 5.32 Å². The third kappa shape index (κ3) is 3.93. The number of amidine groups is 1. The summed E-state index contributed by atoms with van der Waals surface area (Å²) in [5.41, 5.74) is 9.56. The highest BCUT2D eigenvalue weighted by molar-refractivity contribution is 6.45. The number of hydrogen-bond acceptors (Lipinski definition) is 5. The minimum atomic E-state index is -0.355. The molecule has 0 radical (unpaired) electrons. The predicted octanol–water partition coefficient (Wildman–Crippen LogP) is 0.633. The molecule has 0 atom stereocenters. The molecule has 0 aliphatic rings. The second-order valence-corrected chi connectivity index (χ2v) is 3.33. The summed E-state index contributed by atoms with van der Waals surface area (Å²) < 4.78 is 0. The molecular weight excluding hydrogens is 216 g/mol. The zero-order chi connectivity index (χ0) is 12.7. The maximum Gasteiger partial charge on any atom is 0.201 e. The second-order valence-electron chi connectivity index (χ2n) is 3.33. The van der Waals surface area contributed by atoms with Crippen molar-refractivity contribution in [2.45, 2.75) is 6.54 Å². The Balaban J connectivity index is 2.79. The van der Waals surface area contributed by atoms with Crippen molar-refractivity contribution < 1.29 is 0 Å². The SMILES string of the molecule is CNCc1cccc(N/N=C(\C#N)C(=N)N)c1. The van der Waals surface area contributed by atoms with E-state index < -0.39 is 0 Å². The quantitative estimate of drug-likeness (QED) is 0.338. The van der Waals surface area contributed by atoms with Crippen LogP contribution in [0.1, 0.15) is 5.56 Å². The average Bonchev–Trinajstić information content (AvgIpc) is 2.30. The molecule has 1 aromatic rings. The Kier molecular flexibility index (Phi) is 4.66. The molecule has 88 valence electrons. The Hall–Kier alpha value is -2.39. The first-order valence-electron chi connectivity index (χ1n) is 4.99. The molecule has 0 saturated heterocycles. The van der Waals surface area contributed by atoms with Crippen LogP contribution in [0.15, 0.2) is 29.4 Å². The summed E-state index contributed by atoms with van der Waals surface area (Å²) in [6.45, 7) is 0.747. The van der Waals surface area contributed by atoms with Gasteiger partial charge in [0.25, 0.3) is 0 Å². The molecule has 0 unspecified atom stereocenters. The van der Waals surface area contributed by atoms with Crippen molar-refractivity contribution in [3.05, 3.63) is 29.8 Å². The smallest absolute Gasteiger partial charge is 0.201 e. The number of hydrogen-bond donors (Lipinski definition) is 4. The number of nitriles is 1. The summed E-state index contributed by atoms with van der Waals surface area (Å²) in [6, 6.07) is 9.31. The van der Waals surface area contributed by atoms with Crippen LogP contribution in [0.4, 0.5) is 5.69 Å². The van der Waals surface area contributed by atoms with Gasteiger partial charge in [0.2, 0.25) is 5.71 Å². The lowest BCUT2D eigenvalue weighted by atomic mass is 10.2. The molecule has 0 aliphatic carbocycles.